The van der Waals surface area contributed by atoms with Crippen LogP contribution in [0.1, 0.15) is 143 Å². The van der Waals surface area contributed by atoms with Gasteiger partial charge in [-0.05, 0) is 141 Å². The molecule has 6 N–H and O–H groups in total. The van der Waals surface area contributed by atoms with E-state index in [4.69, 9.17) is 19.9 Å². The van der Waals surface area contributed by atoms with Gasteiger partial charge in [0.1, 0.15) is 24.4 Å². The largest absolute Gasteiger partial charge is 0.514 e. The molecule has 0 heterocycles. The minimum atomic E-state index is -1.37. The first kappa shape index (κ1) is 55.5. The zero-order valence-corrected chi connectivity index (χ0v) is 43.1. The number of rotatable bonds is 24. The number of carbonyl (C=O) groups is 6. The van der Waals surface area contributed by atoms with E-state index >= 15 is 0 Å². The first-order chi connectivity index (χ1) is 34.2. The predicted molar refractivity (Wildman–Crippen MR) is 272 cm³/mol. The maximum Gasteiger partial charge on any atom is 0.514 e. The number of nitro benzene ring substituents is 1. The van der Waals surface area contributed by atoms with Crippen molar-refractivity contribution in [3.8, 4) is 5.75 Å². The summed E-state index contributed by atoms with van der Waals surface area (Å²) in [6.45, 7) is 14.6. The number of allylic oxidation sites excluding steroid dienone is 1. The highest BCUT2D eigenvalue weighted by atomic mass is 16.7. The molecule has 17 heteroatoms. The summed E-state index contributed by atoms with van der Waals surface area (Å²) in [6.07, 6.45) is 15.7. The minimum absolute atomic E-state index is 0.0567. The summed E-state index contributed by atoms with van der Waals surface area (Å²) >= 11 is 0. The third-order valence-electron chi connectivity index (χ3n) is 16.5. The van der Waals surface area contributed by atoms with E-state index in [9.17, 15) is 38.9 Å². The standard InChI is InChI=1S/C55H78N6O11/c1-34(2)9-7-10-35(3)44-21-22-45-43-20-13-38-31-42(25-27-54(38,5)46(43)26-28-55(44,45)6)70-30-8-29-57-49(63)23-24-50(64)58-36(4)51(65)60-47(32-48(56)62)52(66)59-39-14-11-37(12-15-39)33-71-53(67)72-41-18-16-40(17-19-41)61(68)69/h11-19,34-36,42-47H,7-10,20-33H2,1-6H3,(H2,56,62)(H,57,63)(H,58,64)(H,59,66)(H,60,65)/t35-,36+,42?,43+,44-,45+,46+,47+,54+,55-/m1/s1. The Morgan fingerprint density at radius 3 is 2.25 bits per heavy atom. The summed E-state index contributed by atoms with van der Waals surface area (Å²) in [6, 6.07) is 8.53. The summed E-state index contributed by atoms with van der Waals surface area (Å²) in [5.74, 6) is 1.74. The summed E-state index contributed by atoms with van der Waals surface area (Å²) < 4.78 is 16.5. The van der Waals surface area contributed by atoms with Gasteiger partial charge < -0.3 is 41.2 Å². The van der Waals surface area contributed by atoms with Crippen LogP contribution in [-0.4, -0.2) is 72.0 Å². The van der Waals surface area contributed by atoms with Crippen molar-refractivity contribution >= 4 is 47.1 Å². The number of anilines is 1. The Hall–Kier alpha value is -5.84. The zero-order chi connectivity index (χ0) is 52.2. The number of ether oxygens (including phenoxy) is 3. The van der Waals surface area contributed by atoms with Gasteiger partial charge in [0.2, 0.25) is 29.5 Å². The van der Waals surface area contributed by atoms with Gasteiger partial charge in [-0.25, -0.2) is 4.79 Å². The van der Waals surface area contributed by atoms with Crippen molar-refractivity contribution in [3.63, 3.8) is 0 Å². The molecule has 72 heavy (non-hydrogen) atoms. The molecule has 6 rings (SSSR count). The molecule has 0 aliphatic heterocycles. The maximum atomic E-state index is 13.1. The molecule has 0 radical (unpaired) electrons. The lowest BCUT2D eigenvalue weighted by Crippen LogP contribution is -2.52. The molecule has 1 unspecified atom stereocenters. The number of nitrogens with two attached hydrogens (primary N) is 1. The number of nitro groups is 1. The predicted octanol–water partition coefficient (Wildman–Crippen LogP) is 8.83. The quantitative estimate of drug-likeness (QED) is 0.0166. The van der Waals surface area contributed by atoms with E-state index in [-0.39, 0.29) is 48.3 Å². The number of hydrogen-bond acceptors (Lipinski definition) is 11. The van der Waals surface area contributed by atoms with Gasteiger partial charge in [0, 0.05) is 43.8 Å². The molecular formula is C55H78N6O11. The highest BCUT2D eigenvalue weighted by Gasteiger charge is 2.59. The molecule has 2 aromatic rings. The van der Waals surface area contributed by atoms with Crippen LogP contribution in [0, 0.1) is 56.5 Å². The Bertz CT molecular complexity index is 2270. The zero-order valence-electron chi connectivity index (χ0n) is 43.1. The molecule has 0 spiro atoms. The Morgan fingerprint density at radius 2 is 1.56 bits per heavy atom. The van der Waals surface area contributed by atoms with Crippen molar-refractivity contribution in [1.82, 2.24) is 16.0 Å². The third-order valence-corrected chi connectivity index (χ3v) is 16.5. The molecule has 0 saturated heterocycles. The second-order valence-electron chi connectivity index (χ2n) is 21.8. The molecule has 0 bridgehead atoms. The van der Waals surface area contributed by atoms with E-state index in [1.54, 1.807) is 17.7 Å². The van der Waals surface area contributed by atoms with Gasteiger partial charge >= 0.3 is 6.16 Å². The second-order valence-corrected chi connectivity index (χ2v) is 21.8. The van der Waals surface area contributed by atoms with Crippen molar-refractivity contribution in [2.75, 3.05) is 18.5 Å². The van der Waals surface area contributed by atoms with Gasteiger partial charge in [-0.2, -0.15) is 0 Å². The Labute approximate surface area is 424 Å². The van der Waals surface area contributed by atoms with Crippen LogP contribution in [-0.2, 0) is 40.1 Å². The van der Waals surface area contributed by atoms with Gasteiger partial charge in [0.25, 0.3) is 5.69 Å². The lowest BCUT2D eigenvalue weighted by molar-refractivity contribution is -0.384. The number of primary amides is 1. The van der Waals surface area contributed by atoms with Gasteiger partial charge in [-0.3, -0.25) is 34.1 Å². The highest BCUT2D eigenvalue weighted by molar-refractivity contribution is 6.00. The van der Waals surface area contributed by atoms with Gasteiger partial charge in [0.05, 0.1) is 17.4 Å². The summed E-state index contributed by atoms with van der Waals surface area (Å²) in [7, 11) is 0. The van der Waals surface area contributed by atoms with Crippen molar-refractivity contribution < 1.29 is 47.9 Å². The van der Waals surface area contributed by atoms with Crippen LogP contribution in [0.3, 0.4) is 0 Å². The van der Waals surface area contributed by atoms with Crippen LogP contribution in [0.25, 0.3) is 0 Å². The van der Waals surface area contributed by atoms with E-state index in [1.807, 2.05) is 0 Å². The number of hydrogen-bond donors (Lipinski definition) is 5. The van der Waals surface area contributed by atoms with E-state index in [0.29, 0.717) is 36.2 Å². The molecule has 394 valence electrons. The number of nitrogens with zero attached hydrogens (tertiary/aromatic N) is 1. The average molecular weight is 999 g/mol. The minimum Gasteiger partial charge on any atom is -0.429 e. The van der Waals surface area contributed by atoms with Gasteiger partial charge in [-0.1, -0.05) is 77.7 Å². The fraction of sp³-hybridized carbons (Fsp3) is 0.636. The van der Waals surface area contributed by atoms with Crippen molar-refractivity contribution in [2.24, 2.45) is 52.1 Å². The molecule has 4 aliphatic carbocycles. The van der Waals surface area contributed by atoms with Crippen LogP contribution >= 0.6 is 0 Å². The van der Waals surface area contributed by atoms with Gasteiger partial charge in [0.15, 0.2) is 0 Å². The lowest BCUT2D eigenvalue weighted by Gasteiger charge is -2.58. The van der Waals surface area contributed by atoms with Crippen LogP contribution in [0.4, 0.5) is 16.2 Å². The number of fused-ring (bicyclic) bond motifs is 5. The van der Waals surface area contributed by atoms with Crippen molar-refractivity contribution in [3.05, 3.63) is 75.9 Å². The lowest BCUT2D eigenvalue weighted by atomic mass is 9.47. The first-order valence-electron chi connectivity index (χ1n) is 26.2. The Morgan fingerprint density at radius 1 is 0.833 bits per heavy atom. The summed E-state index contributed by atoms with van der Waals surface area (Å²) in [5, 5.41) is 21.3. The number of benzene rings is 2. The summed E-state index contributed by atoms with van der Waals surface area (Å²) in [4.78, 5) is 85.7. The molecule has 3 saturated carbocycles. The maximum absolute atomic E-state index is 13.1. The topological polar surface area (TPSA) is 247 Å². The number of amides is 5. The third kappa shape index (κ3) is 14.7. The number of non-ortho nitro benzene ring substituents is 1. The first-order valence-corrected chi connectivity index (χ1v) is 26.2. The number of carbonyl (C=O) groups excluding carboxylic acids is 6. The number of nitrogens with one attached hydrogen (secondary N) is 4. The van der Waals surface area contributed by atoms with Crippen LogP contribution in [0.15, 0.2) is 60.2 Å². The molecule has 5 amide bonds. The van der Waals surface area contributed by atoms with E-state index in [2.05, 4.69) is 62.0 Å². The van der Waals surface area contributed by atoms with Crippen LogP contribution in [0.2, 0.25) is 0 Å². The Kier molecular flexibility index (Phi) is 19.4. The molecule has 0 aromatic heterocycles. The monoisotopic (exact) mass is 999 g/mol. The molecular weight excluding hydrogens is 921 g/mol. The summed E-state index contributed by atoms with van der Waals surface area (Å²) in [5.41, 5.74) is 8.37. The van der Waals surface area contributed by atoms with Crippen LogP contribution < -0.4 is 31.7 Å². The molecule has 2 aromatic carbocycles. The fourth-order valence-electron chi connectivity index (χ4n) is 12.6. The Balaban J connectivity index is 0.848. The van der Waals surface area contributed by atoms with E-state index in [0.717, 1.165) is 48.3 Å². The molecule has 4 aliphatic rings. The van der Waals surface area contributed by atoms with Crippen molar-refractivity contribution in [1.29, 1.82) is 0 Å². The van der Waals surface area contributed by atoms with E-state index in [1.165, 1.54) is 101 Å². The normalized spacial score (nSPS) is 25.5. The van der Waals surface area contributed by atoms with Crippen molar-refractivity contribution in [2.45, 2.75) is 163 Å². The smallest absolute Gasteiger partial charge is 0.429 e. The molecule has 17 nitrogen and oxygen atoms in total. The average Bonchev–Trinajstić information content (AvgIpc) is 3.70. The molecule has 10 atom stereocenters. The van der Waals surface area contributed by atoms with Gasteiger partial charge in [-0.15, -0.1) is 0 Å². The fourth-order valence-corrected chi connectivity index (χ4v) is 12.6. The van der Waals surface area contributed by atoms with E-state index < -0.39 is 53.2 Å². The molecule has 3 fully saturated rings. The SMILES string of the molecule is CC(C)CCC[C@@H](C)[C@H]1CC[C@H]2[C@@H]3CC=C4CC(OCCCNC(=O)CCC(=O)N[C@@H](C)C(=O)N[C@@H](CC(N)=O)C(=O)Nc5ccc(COC(=O)Oc6ccc([N+](=O)[O-])cc6)cc5)CC[C@]4(C)[C@H]3CC[C@]12C. The van der Waals surface area contributed by atoms with Crippen LogP contribution in [0.5, 0.6) is 5.75 Å². The second kappa shape index (κ2) is 25.2. The highest BCUT2D eigenvalue weighted by Crippen LogP contribution is 2.67.